The number of aliphatic hydroxyl groups is 1. The van der Waals surface area contributed by atoms with Crippen molar-refractivity contribution in [3.63, 3.8) is 0 Å². The molecule has 2 amide bonds. The van der Waals surface area contributed by atoms with E-state index in [0.29, 0.717) is 17.5 Å². The topological polar surface area (TPSA) is 89.9 Å². The van der Waals surface area contributed by atoms with Crippen LogP contribution < -0.4 is 5.32 Å². The highest BCUT2D eigenvalue weighted by molar-refractivity contribution is 5.99. The molecule has 2 unspecified atom stereocenters. The normalized spacial score (nSPS) is 26.3. The highest BCUT2D eigenvalue weighted by Gasteiger charge is 2.39. The number of aliphatic hydroxyl groups excluding tert-OH is 1. The molecule has 1 aromatic rings. The number of amides is 2. The minimum Gasteiger partial charge on any atom is -0.508 e. The molecule has 1 saturated heterocycles. The van der Waals surface area contributed by atoms with Gasteiger partial charge in [-0.05, 0) is 18.6 Å². The van der Waals surface area contributed by atoms with Gasteiger partial charge in [-0.3, -0.25) is 9.59 Å². The van der Waals surface area contributed by atoms with Gasteiger partial charge in [0.25, 0.3) is 5.91 Å². The van der Waals surface area contributed by atoms with Gasteiger partial charge < -0.3 is 20.4 Å². The highest BCUT2D eigenvalue weighted by Crippen LogP contribution is 2.33. The summed E-state index contributed by atoms with van der Waals surface area (Å²) in [6.07, 6.45) is -0.344. The summed E-state index contributed by atoms with van der Waals surface area (Å²) in [5, 5.41) is 22.1. The van der Waals surface area contributed by atoms with E-state index in [4.69, 9.17) is 0 Å². The molecule has 1 fully saturated rings. The summed E-state index contributed by atoms with van der Waals surface area (Å²) in [4.78, 5) is 24.9. The highest BCUT2D eigenvalue weighted by atomic mass is 16.3. The SMILES string of the molecule is O=C1CCC(N2Cc3c(O)cccc3C2=O)C(O)N1. The predicted molar refractivity (Wildman–Crippen MR) is 65.2 cm³/mol. The number of aromatic hydroxyl groups is 1. The maximum absolute atomic E-state index is 12.3. The summed E-state index contributed by atoms with van der Waals surface area (Å²) in [5.41, 5.74) is 1.04. The zero-order valence-electron chi connectivity index (χ0n) is 10.2. The number of carbonyl (C=O) groups is 2. The van der Waals surface area contributed by atoms with E-state index in [2.05, 4.69) is 5.32 Å². The van der Waals surface area contributed by atoms with Crippen molar-refractivity contribution in [2.24, 2.45) is 0 Å². The summed E-state index contributed by atoms with van der Waals surface area (Å²) in [5.74, 6) is -0.343. The van der Waals surface area contributed by atoms with Crippen molar-refractivity contribution in [3.8, 4) is 5.75 Å². The smallest absolute Gasteiger partial charge is 0.255 e. The van der Waals surface area contributed by atoms with E-state index in [1.54, 1.807) is 12.1 Å². The van der Waals surface area contributed by atoms with E-state index in [-0.39, 0.29) is 30.5 Å². The Bertz CT molecular complexity index is 558. The predicted octanol–water partition coefficient (Wildman–Crippen LogP) is -0.0550. The molecule has 2 atom stereocenters. The molecule has 0 aromatic heterocycles. The van der Waals surface area contributed by atoms with E-state index < -0.39 is 12.3 Å². The quantitative estimate of drug-likeness (QED) is 0.661. The van der Waals surface area contributed by atoms with Crippen LogP contribution >= 0.6 is 0 Å². The molecule has 3 rings (SSSR count). The van der Waals surface area contributed by atoms with Crippen LogP contribution in [0.3, 0.4) is 0 Å². The van der Waals surface area contributed by atoms with E-state index in [9.17, 15) is 19.8 Å². The maximum atomic E-state index is 12.3. The van der Waals surface area contributed by atoms with Crippen LogP contribution in [0.1, 0.15) is 28.8 Å². The fourth-order valence-electron chi connectivity index (χ4n) is 2.70. The number of phenolic OH excluding ortho intramolecular Hbond substituents is 1. The minimum absolute atomic E-state index is 0.0858. The second-order valence-corrected chi connectivity index (χ2v) is 4.85. The largest absolute Gasteiger partial charge is 0.508 e. The monoisotopic (exact) mass is 262 g/mol. The van der Waals surface area contributed by atoms with Gasteiger partial charge in [-0.15, -0.1) is 0 Å². The molecular weight excluding hydrogens is 248 g/mol. The third kappa shape index (κ3) is 1.84. The number of hydrogen-bond acceptors (Lipinski definition) is 4. The molecule has 6 nitrogen and oxygen atoms in total. The van der Waals surface area contributed by atoms with E-state index in [0.717, 1.165) is 0 Å². The third-order valence-corrected chi connectivity index (χ3v) is 3.71. The van der Waals surface area contributed by atoms with Crippen LogP contribution in [-0.4, -0.2) is 39.2 Å². The molecule has 2 heterocycles. The zero-order valence-corrected chi connectivity index (χ0v) is 10.2. The molecule has 0 aliphatic carbocycles. The number of rotatable bonds is 1. The lowest BCUT2D eigenvalue weighted by Gasteiger charge is -2.35. The average Bonchev–Trinajstić information content (AvgIpc) is 2.69. The lowest BCUT2D eigenvalue weighted by Crippen LogP contribution is -2.55. The number of nitrogens with zero attached hydrogens (tertiary/aromatic N) is 1. The van der Waals surface area contributed by atoms with Crippen LogP contribution in [0.2, 0.25) is 0 Å². The van der Waals surface area contributed by atoms with Crippen molar-refractivity contribution in [3.05, 3.63) is 29.3 Å². The summed E-state index contributed by atoms with van der Waals surface area (Å²) in [7, 11) is 0. The second-order valence-electron chi connectivity index (χ2n) is 4.85. The Balaban J connectivity index is 1.88. The Labute approximate surface area is 109 Å². The number of carbonyl (C=O) groups excluding carboxylic acids is 2. The molecule has 6 heteroatoms. The molecule has 1 aromatic carbocycles. The first kappa shape index (κ1) is 12.0. The van der Waals surface area contributed by atoms with Gasteiger partial charge in [0.1, 0.15) is 12.0 Å². The van der Waals surface area contributed by atoms with Gasteiger partial charge in [0.05, 0.1) is 12.6 Å². The Morgan fingerprint density at radius 3 is 2.79 bits per heavy atom. The number of nitrogens with one attached hydrogen (secondary N) is 1. The molecule has 3 N–H and O–H groups in total. The van der Waals surface area contributed by atoms with Gasteiger partial charge in [0.2, 0.25) is 5.91 Å². The standard InChI is InChI=1S/C13H14N2O4/c16-10-3-1-2-7-8(10)6-15(13(7)19)9-4-5-11(17)14-12(9)18/h1-3,9,12,16,18H,4-6H2,(H,14,17). The van der Waals surface area contributed by atoms with Crippen LogP contribution in [0.15, 0.2) is 18.2 Å². The molecule has 100 valence electrons. The van der Waals surface area contributed by atoms with Crippen molar-refractivity contribution in [1.82, 2.24) is 10.2 Å². The molecule has 0 bridgehead atoms. The Morgan fingerprint density at radius 2 is 2.11 bits per heavy atom. The summed E-state index contributed by atoms with van der Waals surface area (Å²) >= 11 is 0. The fraction of sp³-hybridized carbons (Fsp3) is 0.385. The van der Waals surface area contributed by atoms with E-state index >= 15 is 0 Å². The first-order chi connectivity index (χ1) is 9.08. The number of phenols is 1. The van der Waals surface area contributed by atoms with Crippen LogP contribution in [0, 0.1) is 0 Å². The summed E-state index contributed by atoms with van der Waals surface area (Å²) in [6.45, 7) is 0.262. The van der Waals surface area contributed by atoms with Crippen molar-refractivity contribution in [2.75, 3.05) is 0 Å². The molecular formula is C13H14N2O4. The van der Waals surface area contributed by atoms with Gasteiger partial charge in [-0.25, -0.2) is 0 Å². The van der Waals surface area contributed by atoms with Gasteiger partial charge in [0.15, 0.2) is 0 Å². The van der Waals surface area contributed by atoms with Crippen molar-refractivity contribution in [1.29, 1.82) is 0 Å². The minimum atomic E-state index is -1.05. The fourth-order valence-corrected chi connectivity index (χ4v) is 2.70. The van der Waals surface area contributed by atoms with E-state index in [1.807, 2.05) is 0 Å². The zero-order chi connectivity index (χ0) is 13.6. The van der Waals surface area contributed by atoms with Crippen LogP contribution in [0.4, 0.5) is 0 Å². The third-order valence-electron chi connectivity index (χ3n) is 3.71. The van der Waals surface area contributed by atoms with Gasteiger partial charge in [-0.2, -0.15) is 0 Å². The number of benzene rings is 1. The van der Waals surface area contributed by atoms with Gasteiger partial charge in [0, 0.05) is 17.5 Å². The van der Waals surface area contributed by atoms with Crippen molar-refractivity contribution >= 4 is 11.8 Å². The Morgan fingerprint density at radius 1 is 1.32 bits per heavy atom. The summed E-state index contributed by atoms with van der Waals surface area (Å²) in [6, 6.07) is 4.37. The molecule has 2 aliphatic rings. The maximum Gasteiger partial charge on any atom is 0.255 e. The van der Waals surface area contributed by atoms with Crippen molar-refractivity contribution in [2.45, 2.75) is 31.7 Å². The number of hydrogen-bond donors (Lipinski definition) is 3. The van der Waals surface area contributed by atoms with Gasteiger partial charge >= 0.3 is 0 Å². The Hall–Kier alpha value is -2.08. The Kier molecular flexibility index (Phi) is 2.67. The van der Waals surface area contributed by atoms with E-state index in [1.165, 1.54) is 11.0 Å². The average molecular weight is 262 g/mol. The summed E-state index contributed by atoms with van der Waals surface area (Å²) < 4.78 is 0. The molecule has 0 saturated carbocycles. The first-order valence-electron chi connectivity index (χ1n) is 6.17. The molecule has 19 heavy (non-hydrogen) atoms. The van der Waals surface area contributed by atoms with Crippen LogP contribution in [0.5, 0.6) is 5.75 Å². The van der Waals surface area contributed by atoms with Crippen molar-refractivity contribution < 1.29 is 19.8 Å². The molecule has 2 aliphatic heterocycles. The number of piperidine rings is 1. The number of fused-ring (bicyclic) bond motifs is 1. The van der Waals surface area contributed by atoms with Crippen LogP contribution in [-0.2, 0) is 11.3 Å². The lowest BCUT2D eigenvalue weighted by atomic mass is 10.0. The van der Waals surface area contributed by atoms with Gasteiger partial charge in [-0.1, -0.05) is 6.07 Å². The van der Waals surface area contributed by atoms with Crippen LogP contribution in [0.25, 0.3) is 0 Å². The lowest BCUT2D eigenvalue weighted by molar-refractivity contribution is -0.129. The molecule has 0 radical (unpaired) electrons. The second kappa shape index (κ2) is 4.24. The first-order valence-corrected chi connectivity index (χ1v) is 6.17. The molecule has 0 spiro atoms.